The van der Waals surface area contributed by atoms with Crippen molar-refractivity contribution in [1.29, 1.82) is 0 Å². The van der Waals surface area contributed by atoms with Gasteiger partial charge in [0, 0.05) is 50.9 Å². The number of aromatic nitrogens is 2. The summed E-state index contributed by atoms with van der Waals surface area (Å²) in [7, 11) is 0. The van der Waals surface area contributed by atoms with Crippen LogP contribution < -0.4 is 9.47 Å². The number of hydrogen-bond donors (Lipinski definition) is 0. The van der Waals surface area contributed by atoms with Crippen molar-refractivity contribution in [3.63, 3.8) is 0 Å². The molecule has 0 unspecified atom stereocenters. The molecule has 1 amide bonds. The van der Waals surface area contributed by atoms with Crippen molar-refractivity contribution >= 4 is 27.6 Å². The molecule has 162 valence electrons. The zero-order chi connectivity index (χ0) is 21.0. The molecule has 0 atom stereocenters. The van der Waals surface area contributed by atoms with Gasteiger partial charge in [-0.15, -0.1) is 0 Å². The summed E-state index contributed by atoms with van der Waals surface area (Å²) in [6, 6.07) is 11.9. The van der Waals surface area contributed by atoms with Gasteiger partial charge in [0.25, 0.3) is 5.19 Å². The number of amides is 1. The molecule has 5 rings (SSSR count). The first kappa shape index (κ1) is 20.2. The smallest absolute Gasteiger partial charge is 0.281 e. The van der Waals surface area contributed by atoms with Gasteiger partial charge in [-0.3, -0.25) is 9.69 Å². The number of nitrogens with zero attached hydrogens (tertiary/aromatic N) is 4. The fourth-order valence-corrected chi connectivity index (χ4v) is 5.10. The fourth-order valence-electron chi connectivity index (χ4n) is 4.32. The molecule has 2 aromatic heterocycles. The van der Waals surface area contributed by atoms with Crippen molar-refractivity contribution in [2.75, 3.05) is 32.8 Å². The SMILES string of the molecule is O=C1CCCN1C1CCN(CCOc2cccc(Oc3nc4cccnc4s3)c2)CC1. The first-order chi connectivity index (χ1) is 15.2. The molecule has 8 heteroatoms. The number of carbonyl (C=O) groups excluding carboxylic acids is 1. The van der Waals surface area contributed by atoms with Gasteiger partial charge in [-0.05, 0) is 43.5 Å². The zero-order valence-corrected chi connectivity index (χ0v) is 18.2. The fraction of sp³-hybridized carbons (Fsp3) is 0.435. The average Bonchev–Trinajstić information content (AvgIpc) is 3.40. The Morgan fingerprint density at radius 3 is 2.77 bits per heavy atom. The van der Waals surface area contributed by atoms with Crippen LogP contribution in [0.2, 0.25) is 0 Å². The maximum atomic E-state index is 11.9. The van der Waals surface area contributed by atoms with E-state index < -0.39 is 0 Å². The number of thiazole rings is 1. The van der Waals surface area contributed by atoms with E-state index in [1.165, 1.54) is 11.3 Å². The molecule has 3 aromatic rings. The quantitative estimate of drug-likeness (QED) is 0.556. The second-order valence-electron chi connectivity index (χ2n) is 8.00. The highest BCUT2D eigenvalue weighted by atomic mass is 32.1. The van der Waals surface area contributed by atoms with Crippen LogP contribution in [-0.4, -0.2) is 64.5 Å². The average molecular weight is 439 g/mol. The number of piperidine rings is 1. The largest absolute Gasteiger partial charge is 0.492 e. The van der Waals surface area contributed by atoms with Gasteiger partial charge in [0.05, 0.1) is 0 Å². The first-order valence-corrected chi connectivity index (χ1v) is 11.7. The summed E-state index contributed by atoms with van der Waals surface area (Å²) < 4.78 is 11.9. The van der Waals surface area contributed by atoms with Crippen molar-refractivity contribution < 1.29 is 14.3 Å². The van der Waals surface area contributed by atoms with Crippen LogP contribution in [0.15, 0.2) is 42.6 Å². The third kappa shape index (κ3) is 4.80. The molecular formula is C23H26N4O3S. The lowest BCUT2D eigenvalue weighted by molar-refractivity contribution is -0.130. The van der Waals surface area contributed by atoms with Crippen LogP contribution in [0.25, 0.3) is 10.3 Å². The second kappa shape index (κ2) is 9.20. The Labute approximate surface area is 185 Å². The number of benzene rings is 1. The minimum Gasteiger partial charge on any atom is -0.492 e. The number of carbonyl (C=O) groups is 1. The van der Waals surface area contributed by atoms with Gasteiger partial charge < -0.3 is 14.4 Å². The minimum absolute atomic E-state index is 0.339. The van der Waals surface area contributed by atoms with E-state index >= 15 is 0 Å². The monoisotopic (exact) mass is 438 g/mol. The van der Waals surface area contributed by atoms with Crippen molar-refractivity contribution in [1.82, 2.24) is 19.8 Å². The van der Waals surface area contributed by atoms with E-state index in [1.54, 1.807) is 6.20 Å². The Hall–Kier alpha value is -2.71. The van der Waals surface area contributed by atoms with Crippen molar-refractivity contribution in [3.8, 4) is 16.7 Å². The number of pyridine rings is 1. The number of hydrogen-bond acceptors (Lipinski definition) is 7. The lowest BCUT2D eigenvalue weighted by Crippen LogP contribution is -2.46. The summed E-state index contributed by atoms with van der Waals surface area (Å²) in [5, 5.41) is 0.574. The molecule has 2 aliphatic rings. The van der Waals surface area contributed by atoms with Crippen LogP contribution in [0.5, 0.6) is 16.7 Å². The van der Waals surface area contributed by atoms with Crippen LogP contribution in [0.3, 0.4) is 0 Å². The Morgan fingerprint density at radius 2 is 1.97 bits per heavy atom. The highest BCUT2D eigenvalue weighted by Gasteiger charge is 2.30. The normalized spacial score (nSPS) is 18.1. The van der Waals surface area contributed by atoms with Crippen molar-refractivity contribution in [2.24, 2.45) is 0 Å². The van der Waals surface area contributed by atoms with E-state index in [-0.39, 0.29) is 0 Å². The maximum Gasteiger partial charge on any atom is 0.281 e. The summed E-state index contributed by atoms with van der Waals surface area (Å²) >= 11 is 1.43. The summed E-state index contributed by atoms with van der Waals surface area (Å²) in [6.07, 6.45) is 5.63. The van der Waals surface area contributed by atoms with Gasteiger partial charge in [0.15, 0.2) is 0 Å². The standard InChI is InChI=1S/C23H26N4O3S/c28-21-7-3-11-27(21)17-8-12-26(13-9-17)14-15-29-18-4-1-5-19(16-18)30-23-25-20-6-2-10-24-22(20)31-23/h1-2,4-6,10,16-17H,3,7-9,11-15H2. The van der Waals surface area contributed by atoms with E-state index in [9.17, 15) is 4.79 Å². The predicted octanol–water partition coefficient (Wildman–Crippen LogP) is 3.95. The number of rotatable bonds is 7. The van der Waals surface area contributed by atoms with Gasteiger partial charge in [-0.2, -0.15) is 0 Å². The summed E-state index contributed by atoms with van der Waals surface area (Å²) in [4.78, 5) is 26.1. The highest BCUT2D eigenvalue weighted by Crippen LogP contribution is 2.31. The third-order valence-electron chi connectivity index (χ3n) is 5.94. The van der Waals surface area contributed by atoms with Gasteiger partial charge in [0.2, 0.25) is 5.91 Å². The molecule has 0 bridgehead atoms. The van der Waals surface area contributed by atoms with Gasteiger partial charge >= 0.3 is 0 Å². The molecule has 0 spiro atoms. The van der Waals surface area contributed by atoms with Crippen LogP contribution in [0, 0.1) is 0 Å². The number of ether oxygens (including phenoxy) is 2. The molecule has 0 saturated carbocycles. The molecule has 0 aliphatic carbocycles. The molecular weight excluding hydrogens is 412 g/mol. The van der Waals surface area contributed by atoms with Gasteiger partial charge in [-0.25, -0.2) is 9.97 Å². The maximum absolute atomic E-state index is 11.9. The summed E-state index contributed by atoms with van der Waals surface area (Å²) in [5.74, 6) is 1.83. The number of fused-ring (bicyclic) bond motifs is 1. The van der Waals surface area contributed by atoms with Crippen LogP contribution in [0.1, 0.15) is 25.7 Å². The van der Waals surface area contributed by atoms with Crippen molar-refractivity contribution in [3.05, 3.63) is 42.6 Å². The molecule has 31 heavy (non-hydrogen) atoms. The molecule has 7 nitrogen and oxygen atoms in total. The molecule has 1 aromatic carbocycles. The predicted molar refractivity (Wildman–Crippen MR) is 120 cm³/mol. The summed E-state index contributed by atoms with van der Waals surface area (Å²) in [6.45, 7) is 4.49. The molecule has 4 heterocycles. The Kier molecular flexibility index (Phi) is 5.99. The highest BCUT2D eigenvalue weighted by molar-refractivity contribution is 7.19. The summed E-state index contributed by atoms with van der Waals surface area (Å²) in [5.41, 5.74) is 0.841. The minimum atomic E-state index is 0.339. The van der Waals surface area contributed by atoms with Gasteiger partial charge in [-0.1, -0.05) is 17.4 Å². The van der Waals surface area contributed by atoms with E-state index in [0.717, 1.165) is 68.0 Å². The topological polar surface area (TPSA) is 67.8 Å². The Morgan fingerprint density at radius 1 is 1.10 bits per heavy atom. The van der Waals surface area contributed by atoms with Crippen molar-refractivity contribution in [2.45, 2.75) is 31.7 Å². The Bertz CT molecular complexity index is 1010. The lowest BCUT2D eigenvalue weighted by atomic mass is 10.0. The van der Waals surface area contributed by atoms with E-state index in [2.05, 4.69) is 19.8 Å². The van der Waals surface area contributed by atoms with Crippen LogP contribution >= 0.6 is 11.3 Å². The molecule has 0 N–H and O–H groups in total. The molecule has 0 radical (unpaired) electrons. The third-order valence-corrected chi connectivity index (χ3v) is 6.80. The van der Waals surface area contributed by atoms with Crippen LogP contribution in [-0.2, 0) is 4.79 Å². The molecule has 2 aliphatic heterocycles. The zero-order valence-electron chi connectivity index (χ0n) is 17.4. The first-order valence-electron chi connectivity index (χ1n) is 10.9. The number of likely N-dealkylation sites (tertiary alicyclic amines) is 2. The Balaban J connectivity index is 1.09. The van der Waals surface area contributed by atoms with E-state index in [0.29, 0.717) is 29.5 Å². The molecule has 2 fully saturated rings. The lowest BCUT2D eigenvalue weighted by Gasteiger charge is -2.36. The van der Waals surface area contributed by atoms with Crippen LogP contribution in [0.4, 0.5) is 0 Å². The van der Waals surface area contributed by atoms with E-state index in [4.69, 9.17) is 9.47 Å². The van der Waals surface area contributed by atoms with Gasteiger partial charge in [0.1, 0.15) is 28.5 Å². The molecule has 2 saturated heterocycles. The second-order valence-corrected chi connectivity index (χ2v) is 8.94. The van der Waals surface area contributed by atoms with E-state index in [1.807, 2.05) is 36.4 Å².